The number of nitrogens with zero attached hydrogens (tertiary/aromatic N) is 3. The molecule has 21 heavy (non-hydrogen) atoms. The molecule has 112 valence electrons. The van der Waals surface area contributed by atoms with Gasteiger partial charge in [-0.15, -0.1) is 5.10 Å². The number of anilines is 1. The molecular weight excluding hydrogens is 270 g/mol. The molecule has 0 bridgehead atoms. The zero-order valence-electron chi connectivity index (χ0n) is 11.7. The van der Waals surface area contributed by atoms with Crippen LogP contribution in [0.3, 0.4) is 0 Å². The van der Waals surface area contributed by atoms with Crippen LogP contribution in [0.1, 0.15) is 12.8 Å². The molecule has 2 heterocycles. The van der Waals surface area contributed by atoms with E-state index < -0.39 is 0 Å². The number of aromatic nitrogens is 3. The average Bonchev–Trinajstić information content (AvgIpc) is 3.00. The molecule has 0 amide bonds. The van der Waals surface area contributed by atoms with Crippen molar-refractivity contribution in [3.8, 4) is 22.9 Å². The summed E-state index contributed by atoms with van der Waals surface area (Å²) in [6.07, 6.45) is 2.24. The van der Waals surface area contributed by atoms with E-state index in [4.69, 9.17) is 5.73 Å². The van der Waals surface area contributed by atoms with Crippen LogP contribution in [-0.2, 0) is 0 Å². The molecule has 1 atom stereocenters. The summed E-state index contributed by atoms with van der Waals surface area (Å²) in [6, 6.07) is 4.56. The van der Waals surface area contributed by atoms with Crippen molar-refractivity contribution in [1.29, 1.82) is 0 Å². The molecule has 1 fully saturated rings. The van der Waals surface area contributed by atoms with Gasteiger partial charge in [0.05, 0.1) is 0 Å². The van der Waals surface area contributed by atoms with Crippen molar-refractivity contribution in [1.82, 2.24) is 15.2 Å². The van der Waals surface area contributed by atoms with Gasteiger partial charge in [0, 0.05) is 18.7 Å². The second-order valence-electron chi connectivity index (χ2n) is 5.38. The summed E-state index contributed by atoms with van der Waals surface area (Å²) in [5, 5.41) is 26.0. The molecular formula is C14H19N5O2. The molecule has 0 saturated carbocycles. The van der Waals surface area contributed by atoms with Crippen LogP contribution in [0.5, 0.6) is 11.5 Å². The van der Waals surface area contributed by atoms with E-state index in [1.807, 2.05) is 0 Å². The van der Waals surface area contributed by atoms with Crippen molar-refractivity contribution in [3.05, 3.63) is 18.2 Å². The highest BCUT2D eigenvalue weighted by Crippen LogP contribution is 2.29. The summed E-state index contributed by atoms with van der Waals surface area (Å²) in [6.45, 7) is 2.48. The zero-order valence-corrected chi connectivity index (χ0v) is 11.7. The Hall–Kier alpha value is -2.28. The molecule has 1 aliphatic heterocycles. The van der Waals surface area contributed by atoms with E-state index in [0.717, 1.165) is 25.9 Å². The number of rotatable bonds is 3. The number of piperidine rings is 1. The molecule has 7 nitrogen and oxygen atoms in total. The second kappa shape index (κ2) is 5.61. The van der Waals surface area contributed by atoms with E-state index in [2.05, 4.69) is 20.1 Å². The molecule has 1 aliphatic rings. The van der Waals surface area contributed by atoms with Crippen LogP contribution in [0.25, 0.3) is 11.4 Å². The summed E-state index contributed by atoms with van der Waals surface area (Å²) in [5.74, 6) is 1.37. The van der Waals surface area contributed by atoms with Crippen molar-refractivity contribution in [2.45, 2.75) is 12.8 Å². The molecule has 3 rings (SSSR count). The minimum absolute atomic E-state index is 0.152. The van der Waals surface area contributed by atoms with Gasteiger partial charge in [0.2, 0.25) is 5.95 Å². The van der Waals surface area contributed by atoms with Gasteiger partial charge in [-0.3, -0.25) is 5.10 Å². The number of benzene rings is 1. The van der Waals surface area contributed by atoms with Crippen LogP contribution in [0.4, 0.5) is 5.95 Å². The lowest BCUT2D eigenvalue weighted by molar-refractivity contribution is 0.404. The summed E-state index contributed by atoms with van der Waals surface area (Å²) < 4.78 is 0. The predicted octanol–water partition coefficient (Wildman–Crippen LogP) is 1.06. The number of hydrogen-bond acceptors (Lipinski definition) is 6. The summed E-state index contributed by atoms with van der Waals surface area (Å²) >= 11 is 0. The Balaban J connectivity index is 1.81. The first-order valence-corrected chi connectivity index (χ1v) is 7.07. The Morgan fingerprint density at radius 2 is 2.19 bits per heavy atom. The molecule has 1 saturated heterocycles. The first-order valence-electron chi connectivity index (χ1n) is 7.07. The van der Waals surface area contributed by atoms with Crippen molar-refractivity contribution in [2.24, 2.45) is 11.7 Å². The minimum Gasteiger partial charge on any atom is -0.504 e. The van der Waals surface area contributed by atoms with Crippen LogP contribution >= 0.6 is 0 Å². The minimum atomic E-state index is -0.174. The maximum absolute atomic E-state index is 9.55. The fourth-order valence-electron chi connectivity index (χ4n) is 2.63. The van der Waals surface area contributed by atoms with Crippen molar-refractivity contribution in [2.75, 3.05) is 24.5 Å². The number of aromatic amines is 1. The molecule has 0 radical (unpaired) electrons. The van der Waals surface area contributed by atoms with Gasteiger partial charge in [-0.05, 0) is 43.5 Å². The van der Waals surface area contributed by atoms with Crippen molar-refractivity contribution in [3.63, 3.8) is 0 Å². The number of H-pyrrole nitrogens is 1. The summed E-state index contributed by atoms with van der Waals surface area (Å²) in [7, 11) is 0. The van der Waals surface area contributed by atoms with Gasteiger partial charge in [-0.1, -0.05) is 0 Å². The third-order valence-corrected chi connectivity index (χ3v) is 3.86. The Labute approximate surface area is 122 Å². The lowest BCUT2D eigenvalue weighted by Crippen LogP contribution is -2.38. The molecule has 0 spiro atoms. The van der Waals surface area contributed by atoms with Crippen LogP contribution in [0.2, 0.25) is 0 Å². The number of nitrogens with two attached hydrogens (primary N) is 1. The van der Waals surface area contributed by atoms with Crippen LogP contribution in [-0.4, -0.2) is 45.0 Å². The molecule has 1 aromatic heterocycles. The Morgan fingerprint density at radius 1 is 1.33 bits per heavy atom. The van der Waals surface area contributed by atoms with E-state index in [0.29, 0.717) is 29.8 Å². The molecule has 1 aromatic carbocycles. The first-order chi connectivity index (χ1) is 10.2. The highest BCUT2D eigenvalue weighted by molar-refractivity contribution is 5.61. The SMILES string of the molecule is NCC1CCCN(c2n[nH]c(-c3ccc(O)c(O)c3)n2)C1. The average molecular weight is 289 g/mol. The fraction of sp³-hybridized carbons (Fsp3) is 0.429. The standard InChI is InChI=1S/C14H19N5O2/c15-7-9-2-1-5-19(8-9)14-16-13(17-18-14)10-3-4-11(20)12(21)6-10/h3-4,6,9,20-21H,1-2,5,7-8,15H2,(H,16,17,18). The van der Waals surface area contributed by atoms with E-state index >= 15 is 0 Å². The normalized spacial score (nSPS) is 18.9. The largest absolute Gasteiger partial charge is 0.504 e. The van der Waals surface area contributed by atoms with Gasteiger partial charge in [-0.25, -0.2) is 0 Å². The van der Waals surface area contributed by atoms with Crippen molar-refractivity contribution < 1.29 is 10.2 Å². The Bertz CT molecular complexity index is 628. The van der Waals surface area contributed by atoms with Crippen molar-refractivity contribution >= 4 is 5.95 Å². The Kier molecular flexibility index (Phi) is 3.66. The smallest absolute Gasteiger partial charge is 0.245 e. The summed E-state index contributed by atoms with van der Waals surface area (Å²) in [5.41, 5.74) is 6.42. The summed E-state index contributed by atoms with van der Waals surface area (Å²) in [4.78, 5) is 6.60. The van der Waals surface area contributed by atoms with Gasteiger partial charge in [-0.2, -0.15) is 4.98 Å². The fourth-order valence-corrected chi connectivity index (χ4v) is 2.63. The van der Waals surface area contributed by atoms with Gasteiger partial charge in [0.25, 0.3) is 0 Å². The lowest BCUT2D eigenvalue weighted by atomic mass is 9.99. The third kappa shape index (κ3) is 2.78. The molecule has 1 unspecified atom stereocenters. The van der Waals surface area contributed by atoms with Gasteiger partial charge < -0.3 is 20.8 Å². The first kappa shape index (κ1) is 13.7. The van der Waals surface area contributed by atoms with Crippen LogP contribution < -0.4 is 10.6 Å². The number of aromatic hydroxyl groups is 2. The van der Waals surface area contributed by atoms with E-state index in [-0.39, 0.29) is 11.5 Å². The monoisotopic (exact) mass is 289 g/mol. The lowest BCUT2D eigenvalue weighted by Gasteiger charge is -2.31. The molecule has 2 aromatic rings. The predicted molar refractivity (Wildman–Crippen MR) is 79.1 cm³/mol. The van der Waals surface area contributed by atoms with Crippen LogP contribution in [0, 0.1) is 5.92 Å². The van der Waals surface area contributed by atoms with E-state index in [1.54, 1.807) is 6.07 Å². The Morgan fingerprint density at radius 3 is 2.95 bits per heavy atom. The zero-order chi connectivity index (χ0) is 14.8. The van der Waals surface area contributed by atoms with Gasteiger partial charge >= 0.3 is 0 Å². The quantitative estimate of drug-likeness (QED) is 0.629. The molecule has 0 aliphatic carbocycles. The maximum atomic E-state index is 9.55. The van der Waals surface area contributed by atoms with E-state index in [9.17, 15) is 10.2 Å². The number of phenols is 2. The highest BCUT2D eigenvalue weighted by Gasteiger charge is 2.22. The van der Waals surface area contributed by atoms with Crippen LogP contribution in [0.15, 0.2) is 18.2 Å². The topological polar surface area (TPSA) is 111 Å². The highest BCUT2D eigenvalue weighted by atomic mass is 16.3. The number of hydrogen-bond donors (Lipinski definition) is 4. The van der Waals surface area contributed by atoms with E-state index in [1.165, 1.54) is 12.1 Å². The number of phenolic OH excluding ortho intramolecular Hbond substituents is 2. The third-order valence-electron chi connectivity index (χ3n) is 3.86. The van der Waals surface area contributed by atoms with Gasteiger partial charge in [0.1, 0.15) is 0 Å². The van der Waals surface area contributed by atoms with Gasteiger partial charge in [0.15, 0.2) is 17.3 Å². The maximum Gasteiger partial charge on any atom is 0.245 e. The second-order valence-corrected chi connectivity index (χ2v) is 5.38. The molecule has 5 N–H and O–H groups in total. The molecule has 7 heteroatoms. The number of nitrogens with one attached hydrogen (secondary N) is 1.